The number of nitro groups is 1. The van der Waals surface area contributed by atoms with Gasteiger partial charge in [0.05, 0.1) is 29.9 Å². The Balaban J connectivity index is 2.01. The van der Waals surface area contributed by atoms with E-state index in [1.807, 2.05) is 0 Å². The van der Waals surface area contributed by atoms with Crippen LogP contribution in [0.25, 0.3) is 0 Å². The van der Waals surface area contributed by atoms with Gasteiger partial charge in [-0.1, -0.05) is 35.0 Å². The maximum Gasteiger partial charge on any atom is 0.343 e. The van der Waals surface area contributed by atoms with Crippen LogP contribution in [0.3, 0.4) is 0 Å². The van der Waals surface area contributed by atoms with E-state index in [9.17, 15) is 10.1 Å². The van der Waals surface area contributed by atoms with Gasteiger partial charge in [-0.2, -0.15) is 0 Å². The van der Waals surface area contributed by atoms with Crippen molar-refractivity contribution >= 4 is 52.2 Å². The van der Waals surface area contributed by atoms with Crippen LogP contribution >= 0.6 is 35.0 Å². The molecule has 0 radical (unpaired) electrons. The molecule has 0 bridgehead atoms. The van der Waals surface area contributed by atoms with E-state index in [1.54, 1.807) is 30.3 Å². The molecule has 3 rings (SSSR count). The zero-order valence-electron chi connectivity index (χ0n) is 15.2. The second-order valence-electron chi connectivity index (χ2n) is 5.50. The quantitative estimate of drug-likeness (QED) is 0.280. The Morgan fingerprint density at radius 1 is 1.07 bits per heavy atom. The molecule has 8 nitrogen and oxygen atoms in total. The van der Waals surface area contributed by atoms with Crippen molar-refractivity contribution in [2.75, 3.05) is 19.5 Å². The predicted molar refractivity (Wildman–Crippen MR) is 112 cm³/mol. The number of nitrogens with zero attached hydrogens (tertiary/aromatic N) is 3. The number of rotatable bonds is 7. The largest absolute Gasteiger partial charge is 0.495 e. The molecule has 1 N–H and O–H groups in total. The Hall–Kier alpha value is -2.75. The minimum atomic E-state index is -0.543. The molecule has 0 aliphatic carbocycles. The number of anilines is 2. The highest BCUT2D eigenvalue weighted by molar-refractivity contribution is 7.99. The van der Waals surface area contributed by atoms with Crippen molar-refractivity contribution < 1.29 is 14.4 Å². The fourth-order valence-electron chi connectivity index (χ4n) is 2.39. The van der Waals surface area contributed by atoms with E-state index < -0.39 is 4.92 Å². The van der Waals surface area contributed by atoms with Gasteiger partial charge >= 0.3 is 5.69 Å². The number of nitrogens with one attached hydrogen (secondary N) is 1. The van der Waals surface area contributed by atoms with Gasteiger partial charge in [0.25, 0.3) is 0 Å². The van der Waals surface area contributed by atoms with Crippen molar-refractivity contribution in [3.63, 3.8) is 0 Å². The van der Waals surface area contributed by atoms with E-state index >= 15 is 0 Å². The Morgan fingerprint density at radius 2 is 1.76 bits per heavy atom. The standard InChI is InChI=1S/C18H14Cl2N4O4S/c1-27-14-8-15(28-2)13(7-12(14)20)23-17-16(24(25)26)18(22-9-21-17)29-11-5-3-10(19)4-6-11/h3-9H,1-2H3,(H,21,22,23). The molecule has 0 saturated heterocycles. The van der Waals surface area contributed by atoms with Crippen LogP contribution in [0.15, 0.2) is 52.6 Å². The van der Waals surface area contributed by atoms with Gasteiger partial charge in [0, 0.05) is 16.0 Å². The summed E-state index contributed by atoms with van der Waals surface area (Å²) in [7, 11) is 2.94. The van der Waals surface area contributed by atoms with Crippen LogP contribution < -0.4 is 14.8 Å². The minimum absolute atomic E-state index is 0.000923. The van der Waals surface area contributed by atoms with Crippen molar-refractivity contribution in [1.29, 1.82) is 0 Å². The number of aromatic nitrogens is 2. The summed E-state index contributed by atoms with van der Waals surface area (Å²) in [4.78, 5) is 20.1. The average molecular weight is 453 g/mol. The van der Waals surface area contributed by atoms with Crippen LogP contribution in [0.5, 0.6) is 11.5 Å². The number of hydrogen-bond donors (Lipinski definition) is 1. The molecule has 0 fully saturated rings. The van der Waals surface area contributed by atoms with Crippen LogP contribution in [0.1, 0.15) is 0 Å². The van der Waals surface area contributed by atoms with Crippen molar-refractivity contribution in [2.45, 2.75) is 9.92 Å². The third kappa shape index (κ3) is 4.81. The number of ether oxygens (including phenoxy) is 2. The molecule has 0 aliphatic rings. The van der Waals surface area contributed by atoms with E-state index in [4.69, 9.17) is 32.7 Å². The first-order valence-corrected chi connectivity index (χ1v) is 9.61. The molecule has 3 aromatic rings. The Morgan fingerprint density at radius 3 is 2.38 bits per heavy atom. The normalized spacial score (nSPS) is 10.5. The van der Waals surface area contributed by atoms with Crippen LogP contribution in [0.2, 0.25) is 10.0 Å². The third-order valence-corrected chi connectivity index (χ3v) is 5.27. The number of methoxy groups -OCH3 is 2. The van der Waals surface area contributed by atoms with E-state index in [0.717, 1.165) is 16.7 Å². The smallest absolute Gasteiger partial charge is 0.343 e. The topological polar surface area (TPSA) is 99.4 Å². The summed E-state index contributed by atoms with van der Waals surface area (Å²) >= 11 is 13.2. The van der Waals surface area contributed by atoms with Crippen molar-refractivity contribution in [3.05, 3.63) is 62.9 Å². The predicted octanol–water partition coefficient (Wildman–Crippen LogP) is 5.60. The molecule has 0 saturated carbocycles. The lowest BCUT2D eigenvalue weighted by molar-refractivity contribution is -0.387. The highest BCUT2D eigenvalue weighted by atomic mass is 35.5. The molecular formula is C18H14Cl2N4O4S. The molecule has 150 valence electrons. The van der Waals surface area contributed by atoms with Gasteiger partial charge in [-0.15, -0.1) is 0 Å². The van der Waals surface area contributed by atoms with Gasteiger partial charge in [-0.05, 0) is 30.3 Å². The lowest BCUT2D eigenvalue weighted by Crippen LogP contribution is -2.04. The first-order chi connectivity index (χ1) is 13.9. The Kier molecular flexibility index (Phi) is 6.63. The minimum Gasteiger partial charge on any atom is -0.495 e. The second kappa shape index (κ2) is 9.17. The molecule has 0 amide bonds. The van der Waals surface area contributed by atoms with Crippen molar-refractivity contribution in [1.82, 2.24) is 9.97 Å². The summed E-state index contributed by atoms with van der Waals surface area (Å²) in [5, 5.41) is 15.7. The number of halogens is 2. The fourth-order valence-corrected chi connectivity index (χ4v) is 3.62. The Labute approximate surface area is 180 Å². The molecule has 0 unspecified atom stereocenters. The molecule has 2 aromatic carbocycles. The van der Waals surface area contributed by atoms with E-state index in [2.05, 4.69) is 15.3 Å². The average Bonchev–Trinajstić information content (AvgIpc) is 2.70. The van der Waals surface area contributed by atoms with Crippen molar-refractivity contribution in [3.8, 4) is 11.5 Å². The van der Waals surface area contributed by atoms with Gasteiger partial charge in [0.1, 0.15) is 17.8 Å². The molecule has 11 heteroatoms. The SMILES string of the molecule is COc1cc(OC)c(Nc2ncnc(Sc3ccc(Cl)cc3)c2[N+](=O)[O-])cc1Cl. The summed E-state index contributed by atoms with van der Waals surface area (Å²) in [6.07, 6.45) is 1.24. The van der Waals surface area contributed by atoms with Crippen molar-refractivity contribution in [2.24, 2.45) is 0 Å². The first kappa shape index (κ1) is 21.0. The molecule has 1 heterocycles. The molecule has 0 spiro atoms. The van der Waals surface area contributed by atoms with Gasteiger partial charge in [0.2, 0.25) is 5.82 Å². The number of hydrogen-bond acceptors (Lipinski definition) is 8. The Bertz CT molecular complexity index is 1050. The second-order valence-corrected chi connectivity index (χ2v) is 7.41. The highest BCUT2D eigenvalue weighted by Crippen LogP contribution is 2.41. The van der Waals surface area contributed by atoms with Gasteiger partial charge in [-0.3, -0.25) is 10.1 Å². The van der Waals surface area contributed by atoms with Gasteiger partial charge in [0.15, 0.2) is 5.03 Å². The molecule has 0 atom stereocenters. The summed E-state index contributed by atoms with van der Waals surface area (Å²) in [6, 6.07) is 10.00. The summed E-state index contributed by atoms with van der Waals surface area (Å²) < 4.78 is 10.5. The zero-order chi connectivity index (χ0) is 21.0. The fraction of sp³-hybridized carbons (Fsp3) is 0.111. The zero-order valence-corrected chi connectivity index (χ0v) is 17.5. The van der Waals surface area contributed by atoms with E-state index in [1.165, 1.54) is 26.6 Å². The van der Waals surface area contributed by atoms with Gasteiger partial charge in [-0.25, -0.2) is 9.97 Å². The van der Waals surface area contributed by atoms with E-state index in [0.29, 0.717) is 27.2 Å². The summed E-state index contributed by atoms with van der Waals surface area (Å²) in [5.41, 5.74) is 0.115. The van der Waals surface area contributed by atoms with Crippen LogP contribution in [0.4, 0.5) is 17.2 Å². The van der Waals surface area contributed by atoms with Crippen LogP contribution in [-0.2, 0) is 0 Å². The summed E-state index contributed by atoms with van der Waals surface area (Å²) in [6.45, 7) is 0. The molecule has 29 heavy (non-hydrogen) atoms. The maximum absolute atomic E-state index is 11.8. The number of benzene rings is 2. The lowest BCUT2D eigenvalue weighted by Gasteiger charge is -2.14. The maximum atomic E-state index is 11.8. The van der Waals surface area contributed by atoms with Crippen LogP contribution in [-0.4, -0.2) is 29.1 Å². The third-order valence-electron chi connectivity index (χ3n) is 3.73. The van der Waals surface area contributed by atoms with Crippen LogP contribution in [0, 0.1) is 10.1 Å². The highest BCUT2D eigenvalue weighted by Gasteiger charge is 2.25. The summed E-state index contributed by atoms with van der Waals surface area (Å²) in [5.74, 6) is 0.789. The molecule has 1 aromatic heterocycles. The monoisotopic (exact) mass is 452 g/mol. The van der Waals surface area contributed by atoms with Gasteiger partial charge < -0.3 is 14.8 Å². The first-order valence-electron chi connectivity index (χ1n) is 8.04. The molecular weight excluding hydrogens is 439 g/mol. The molecule has 0 aliphatic heterocycles. The lowest BCUT2D eigenvalue weighted by atomic mass is 10.2. The van der Waals surface area contributed by atoms with E-state index in [-0.39, 0.29) is 16.5 Å².